The van der Waals surface area contributed by atoms with Gasteiger partial charge in [0.1, 0.15) is 0 Å². The van der Waals surface area contributed by atoms with Crippen LogP contribution in [0.4, 0.5) is 10.8 Å². The van der Waals surface area contributed by atoms with Gasteiger partial charge in [0.15, 0.2) is 5.13 Å². The van der Waals surface area contributed by atoms with E-state index in [0.717, 1.165) is 21.0 Å². The molecule has 0 bridgehead atoms. The summed E-state index contributed by atoms with van der Waals surface area (Å²) in [6.45, 7) is 5.87. The molecule has 1 aromatic heterocycles. The van der Waals surface area contributed by atoms with E-state index in [1.807, 2.05) is 63.2 Å². The molecular formula is C27H23Cl2N3O2S2. The molecule has 4 rings (SSSR count). The summed E-state index contributed by atoms with van der Waals surface area (Å²) in [6, 6.07) is 20.2. The molecule has 5 nitrogen and oxygen atoms in total. The van der Waals surface area contributed by atoms with Gasteiger partial charge >= 0.3 is 0 Å². The number of rotatable bonds is 7. The second-order valence-electron chi connectivity index (χ2n) is 8.15. The van der Waals surface area contributed by atoms with E-state index in [9.17, 15) is 9.59 Å². The zero-order valence-electron chi connectivity index (χ0n) is 19.8. The highest BCUT2D eigenvalue weighted by Crippen LogP contribution is 2.32. The summed E-state index contributed by atoms with van der Waals surface area (Å²) in [4.78, 5) is 32.0. The second-order valence-corrected chi connectivity index (χ2v) is 11.6. The number of halogens is 2. The highest BCUT2D eigenvalue weighted by atomic mass is 35.5. The first-order valence-corrected chi connectivity index (χ1v) is 13.5. The summed E-state index contributed by atoms with van der Waals surface area (Å²) in [7, 11) is 0. The molecule has 9 heteroatoms. The number of amides is 2. The summed E-state index contributed by atoms with van der Waals surface area (Å²) >= 11 is 14.9. The molecule has 1 heterocycles. The van der Waals surface area contributed by atoms with Gasteiger partial charge in [-0.15, -0.1) is 23.1 Å². The molecule has 2 N–H and O–H groups in total. The number of nitrogens with zero attached hydrogens (tertiary/aromatic N) is 1. The number of benzene rings is 3. The van der Waals surface area contributed by atoms with Crippen molar-refractivity contribution in [3.63, 3.8) is 0 Å². The maximum absolute atomic E-state index is 12.9. The lowest BCUT2D eigenvalue weighted by Crippen LogP contribution is -2.22. The van der Waals surface area contributed by atoms with Crippen LogP contribution in [-0.4, -0.2) is 22.0 Å². The fraction of sp³-hybridized carbons (Fsp3) is 0.148. The van der Waals surface area contributed by atoms with E-state index in [1.54, 1.807) is 18.2 Å². The third kappa shape index (κ3) is 6.48. The molecule has 1 unspecified atom stereocenters. The largest absolute Gasteiger partial charge is 0.322 e. The summed E-state index contributed by atoms with van der Waals surface area (Å²) in [5, 5.41) is 6.70. The predicted octanol–water partition coefficient (Wildman–Crippen LogP) is 8.11. The molecule has 1 atom stereocenters. The summed E-state index contributed by atoms with van der Waals surface area (Å²) in [5.74, 6) is -0.486. The Balaban J connectivity index is 1.39. The summed E-state index contributed by atoms with van der Waals surface area (Å²) in [6.07, 6.45) is 0. The Morgan fingerprint density at radius 1 is 0.972 bits per heavy atom. The van der Waals surface area contributed by atoms with Crippen LogP contribution in [0.3, 0.4) is 0 Å². The molecule has 0 aliphatic heterocycles. The second kappa shape index (κ2) is 11.5. The molecule has 2 amide bonds. The van der Waals surface area contributed by atoms with Crippen molar-refractivity contribution >= 4 is 68.9 Å². The number of carbonyl (C=O) groups is 2. The average Bonchev–Trinajstić information content (AvgIpc) is 3.19. The van der Waals surface area contributed by atoms with E-state index in [2.05, 4.69) is 15.6 Å². The molecule has 3 aromatic carbocycles. The Kier molecular flexibility index (Phi) is 8.36. The zero-order valence-corrected chi connectivity index (χ0v) is 22.9. The van der Waals surface area contributed by atoms with Crippen LogP contribution in [0.2, 0.25) is 10.0 Å². The third-order valence-corrected chi connectivity index (χ3v) is 7.83. The number of carbonyl (C=O) groups excluding carboxylic acids is 2. The van der Waals surface area contributed by atoms with E-state index in [0.29, 0.717) is 21.4 Å². The van der Waals surface area contributed by atoms with Gasteiger partial charge in [0.2, 0.25) is 5.91 Å². The molecule has 0 aliphatic rings. The van der Waals surface area contributed by atoms with Crippen LogP contribution in [0.5, 0.6) is 0 Å². The Bertz CT molecular complexity index is 1420. The minimum Gasteiger partial charge on any atom is -0.322 e. The van der Waals surface area contributed by atoms with E-state index in [1.165, 1.54) is 34.7 Å². The molecule has 0 spiro atoms. The number of thioether (sulfide) groups is 1. The minimum absolute atomic E-state index is 0.147. The molecule has 0 radical (unpaired) electrons. The van der Waals surface area contributed by atoms with Crippen LogP contribution in [-0.2, 0) is 4.79 Å². The van der Waals surface area contributed by atoms with Gasteiger partial charge < -0.3 is 10.6 Å². The van der Waals surface area contributed by atoms with E-state index < -0.39 is 0 Å². The van der Waals surface area contributed by atoms with Gasteiger partial charge in [-0.2, -0.15) is 0 Å². The van der Waals surface area contributed by atoms with Gasteiger partial charge in [0.25, 0.3) is 5.91 Å². The van der Waals surface area contributed by atoms with E-state index in [-0.39, 0.29) is 22.1 Å². The van der Waals surface area contributed by atoms with Crippen LogP contribution in [0.25, 0.3) is 11.3 Å². The SMILES string of the molecule is Cc1ccc(-c2nc(NC(=O)C(C)Sc3cccc(NC(=O)c4ccc(Cl)cc4Cl)c3)sc2C)cc1. The van der Waals surface area contributed by atoms with Crippen molar-refractivity contribution in [3.8, 4) is 11.3 Å². The smallest absolute Gasteiger partial charge is 0.257 e. The molecule has 0 saturated heterocycles. The molecule has 0 fully saturated rings. The Labute approximate surface area is 228 Å². The minimum atomic E-state index is -0.381. The van der Waals surface area contributed by atoms with Crippen LogP contribution in [0.1, 0.15) is 27.7 Å². The Morgan fingerprint density at radius 2 is 1.72 bits per heavy atom. The normalized spacial score (nSPS) is 11.7. The lowest BCUT2D eigenvalue weighted by atomic mass is 10.1. The first-order chi connectivity index (χ1) is 17.2. The number of anilines is 2. The molecular weight excluding hydrogens is 533 g/mol. The van der Waals surface area contributed by atoms with Crippen molar-refractivity contribution in [2.75, 3.05) is 10.6 Å². The van der Waals surface area contributed by atoms with Gasteiger partial charge in [0.05, 0.1) is 21.5 Å². The fourth-order valence-corrected chi connectivity index (χ4v) is 5.67. The monoisotopic (exact) mass is 555 g/mol. The molecule has 4 aromatic rings. The number of hydrogen-bond acceptors (Lipinski definition) is 5. The number of aryl methyl sites for hydroxylation is 2. The standard InChI is InChI=1S/C27H23Cl2N3O2S2/c1-15-7-9-18(10-8-15)24-16(2)36-27(31-24)32-25(33)17(3)35-21-6-4-5-20(14-21)30-26(34)22-12-11-19(28)13-23(22)29/h4-14,17H,1-3H3,(H,30,34)(H,31,32,33). The van der Waals surface area contributed by atoms with Crippen molar-refractivity contribution in [2.45, 2.75) is 30.9 Å². The highest BCUT2D eigenvalue weighted by molar-refractivity contribution is 8.00. The topological polar surface area (TPSA) is 71.1 Å². The van der Waals surface area contributed by atoms with Gasteiger partial charge in [-0.3, -0.25) is 9.59 Å². The highest BCUT2D eigenvalue weighted by Gasteiger charge is 2.18. The van der Waals surface area contributed by atoms with E-state index in [4.69, 9.17) is 23.2 Å². The van der Waals surface area contributed by atoms with Crippen LogP contribution in [0.15, 0.2) is 71.6 Å². The summed E-state index contributed by atoms with van der Waals surface area (Å²) < 4.78 is 0. The summed E-state index contributed by atoms with van der Waals surface area (Å²) in [5.41, 5.74) is 4.01. The number of nitrogens with one attached hydrogen (secondary N) is 2. The zero-order chi connectivity index (χ0) is 25.8. The quantitative estimate of drug-likeness (QED) is 0.226. The van der Waals surface area contributed by atoms with Crippen molar-refractivity contribution in [3.05, 3.63) is 92.8 Å². The van der Waals surface area contributed by atoms with Gasteiger partial charge in [-0.25, -0.2) is 4.98 Å². The molecule has 0 saturated carbocycles. The van der Waals surface area contributed by atoms with Crippen LogP contribution >= 0.6 is 46.3 Å². The van der Waals surface area contributed by atoms with Gasteiger partial charge in [-0.1, -0.05) is 59.1 Å². The van der Waals surface area contributed by atoms with Crippen molar-refractivity contribution in [1.29, 1.82) is 0 Å². The van der Waals surface area contributed by atoms with E-state index >= 15 is 0 Å². The average molecular weight is 557 g/mol. The number of aromatic nitrogens is 1. The van der Waals surface area contributed by atoms with Crippen molar-refractivity contribution in [2.24, 2.45) is 0 Å². The van der Waals surface area contributed by atoms with Crippen LogP contribution < -0.4 is 10.6 Å². The first kappa shape index (κ1) is 26.2. The Hall–Kier alpha value is -2.84. The first-order valence-electron chi connectivity index (χ1n) is 11.1. The molecule has 184 valence electrons. The molecule has 36 heavy (non-hydrogen) atoms. The maximum Gasteiger partial charge on any atom is 0.257 e. The third-order valence-electron chi connectivity index (χ3n) is 5.30. The van der Waals surface area contributed by atoms with Crippen molar-refractivity contribution < 1.29 is 9.59 Å². The number of thiazole rings is 1. The Morgan fingerprint density at radius 3 is 2.44 bits per heavy atom. The fourth-order valence-electron chi connectivity index (χ4n) is 3.41. The lowest BCUT2D eigenvalue weighted by Gasteiger charge is -2.12. The predicted molar refractivity (Wildman–Crippen MR) is 152 cm³/mol. The lowest BCUT2D eigenvalue weighted by molar-refractivity contribution is -0.115. The molecule has 0 aliphatic carbocycles. The number of hydrogen-bond donors (Lipinski definition) is 2. The van der Waals surface area contributed by atoms with Crippen LogP contribution in [0, 0.1) is 13.8 Å². The maximum atomic E-state index is 12.9. The van der Waals surface area contributed by atoms with Gasteiger partial charge in [-0.05, 0) is 57.2 Å². The van der Waals surface area contributed by atoms with Crippen molar-refractivity contribution in [1.82, 2.24) is 4.98 Å². The van der Waals surface area contributed by atoms with Gasteiger partial charge in [0, 0.05) is 26.0 Å².